The smallest absolute Gasteiger partial charge is 0.0235 e. The van der Waals surface area contributed by atoms with Crippen molar-refractivity contribution in [1.29, 1.82) is 0 Å². The van der Waals surface area contributed by atoms with Crippen molar-refractivity contribution in [3.05, 3.63) is 34.9 Å². The largest absolute Gasteiger partial charge is 0.313 e. The van der Waals surface area contributed by atoms with Crippen LogP contribution in [0.1, 0.15) is 30.0 Å². The minimum Gasteiger partial charge on any atom is -0.313 e. The van der Waals surface area contributed by atoms with Gasteiger partial charge in [-0.15, -0.1) is 0 Å². The molecule has 0 bridgehead atoms. The van der Waals surface area contributed by atoms with Gasteiger partial charge in [0, 0.05) is 12.6 Å². The Morgan fingerprint density at radius 2 is 2.00 bits per heavy atom. The molecular formula is C16H26N2. The summed E-state index contributed by atoms with van der Waals surface area (Å²) in [6.45, 7) is 4.33. The van der Waals surface area contributed by atoms with E-state index in [9.17, 15) is 0 Å². The van der Waals surface area contributed by atoms with Crippen LogP contribution in [-0.4, -0.2) is 38.1 Å². The Labute approximate surface area is 111 Å². The Morgan fingerprint density at radius 1 is 1.22 bits per heavy atom. The molecule has 0 radical (unpaired) electrons. The Bertz CT molecular complexity index is 385. The summed E-state index contributed by atoms with van der Waals surface area (Å²) in [6.07, 6.45) is 5.04. The van der Waals surface area contributed by atoms with Gasteiger partial charge < -0.3 is 10.2 Å². The minimum atomic E-state index is 0.560. The predicted octanol–water partition coefficient (Wildman–Crippen LogP) is 2.26. The van der Waals surface area contributed by atoms with E-state index in [1.165, 1.54) is 24.8 Å². The summed E-state index contributed by atoms with van der Waals surface area (Å²) in [5.41, 5.74) is 4.66. The summed E-state index contributed by atoms with van der Waals surface area (Å²) >= 11 is 0. The lowest BCUT2D eigenvalue weighted by atomic mass is 10.0. The van der Waals surface area contributed by atoms with Gasteiger partial charge in [-0.25, -0.2) is 0 Å². The van der Waals surface area contributed by atoms with Crippen LogP contribution in [-0.2, 0) is 19.3 Å². The highest BCUT2D eigenvalue weighted by molar-refractivity contribution is 5.35. The van der Waals surface area contributed by atoms with Crippen LogP contribution in [0.15, 0.2) is 18.2 Å². The van der Waals surface area contributed by atoms with Crippen LogP contribution in [0.4, 0.5) is 0 Å². The molecule has 100 valence electrons. The minimum absolute atomic E-state index is 0.560. The van der Waals surface area contributed by atoms with Gasteiger partial charge >= 0.3 is 0 Å². The number of nitrogens with zero attached hydrogens (tertiary/aromatic N) is 1. The van der Waals surface area contributed by atoms with Gasteiger partial charge in [0.15, 0.2) is 0 Å². The molecule has 0 aromatic heterocycles. The number of aryl methyl sites for hydroxylation is 2. The lowest BCUT2D eigenvalue weighted by molar-refractivity contribution is 0.339. The zero-order valence-corrected chi connectivity index (χ0v) is 12.0. The summed E-state index contributed by atoms with van der Waals surface area (Å²) in [7, 11) is 4.29. The predicted molar refractivity (Wildman–Crippen MR) is 78.2 cm³/mol. The monoisotopic (exact) mass is 246 g/mol. The summed E-state index contributed by atoms with van der Waals surface area (Å²) in [5.74, 6) is 0. The number of fused-ring (bicyclic) bond motifs is 1. The second-order valence-electron chi connectivity index (χ2n) is 5.68. The third-order valence-corrected chi connectivity index (χ3v) is 3.72. The molecule has 1 aliphatic carbocycles. The molecule has 1 aliphatic rings. The summed E-state index contributed by atoms with van der Waals surface area (Å²) in [6, 6.07) is 7.66. The van der Waals surface area contributed by atoms with Crippen molar-refractivity contribution in [2.45, 2.75) is 38.6 Å². The van der Waals surface area contributed by atoms with Crippen molar-refractivity contribution in [3.63, 3.8) is 0 Å². The maximum absolute atomic E-state index is 3.59. The molecule has 18 heavy (non-hydrogen) atoms. The fourth-order valence-corrected chi connectivity index (χ4v) is 2.97. The maximum atomic E-state index is 3.59. The first kappa shape index (κ1) is 13.6. The lowest BCUT2D eigenvalue weighted by Crippen LogP contribution is -2.39. The standard InChI is InChI=1S/C16H26N2/c1-4-17-16(12-18(2)3)11-13-8-9-14-6-5-7-15(14)10-13/h8-10,16-17H,4-7,11-12H2,1-3H3. The van der Waals surface area contributed by atoms with Crippen molar-refractivity contribution < 1.29 is 0 Å². The number of likely N-dealkylation sites (N-methyl/N-ethyl adjacent to an activating group) is 2. The van der Waals surface area contributed by atoms with Crippen LogP contribution < -0.4 is 5.32 Å². The van der Waals surface area contributed by atoms with E-state index < -0.39 is 0 Å². The van der Waals surface area contributed by atoms with E-state index in [1.807, 2.05) is 0 Å². The lowest BCUT2D eigenvalue weighted by Gasteiger charge is -2.22. The zero-order valence-electron chi connectivity index (χ0n) is 12.0. The first-order chi connectivity index (χ1) is 8.69. The van der Waals surface area contributed by atoms with Gasteiger partial charge in [0.2, 0.25) is 0 Å². The van der Waals surface area contributed by atoms with Crippen molar-refractivity contribution in [1.82, 2.24) is 10.2 Å². The van der Waals surface area contributed by atoms with Gasteiger partial charge in [-0.05, 0) is 63.0 Å². The van der Waals surface area contributed by atoms with E-state index in [0.717, 1.165) is 19.5 Å². The quantitative estimate of drug-likeness (QED) is 0.828. The Kier molecular flexibility index (Phi) is 4.79. The second kappa shape index (κ2) is 6.35. The van der Waals surface area contributed by atoms with E-state index in [4.69, 9.17) is 0 Å². The third kappa shape index (κ3) is 3.56. The molecule has 1 aromatic rings. The van der Waals surface area contributed by atoms with Crippen LogP contribution in [0.2, 0.25) is 0 Å². The Hall–Kier alpha value is -0.860. The molecule has 0 spiro atoms. The van der Waals surface area contributed by atoms with Crippen LogP contribution in [0.25, 0.3) is 0 Å². The van der Waals surface area contributed by atoms with Crippen LogP contribution in [0.3, 0.4) is 0 Å². The molecule has 1 atom stereocenters. The Balaban J connectivity index is 2.01. The molecule has 1 unspecified atom stereocenters. The molecule has 0 saturated carbocycles. The average Bonchev–Trinajstić information content (AvgIpc) is 2.75. The van der Waals surface area contributed by atoms with E-state index in [2.05, 4.69) is 49.4 Å². The highest BCUT2D eigenvalue weighted by Crippen LogP contribution is 2.23. The molecule has 1 aromatic carbocycles. The first-order valence-electron chi connectivity index (χ1n) is 7.18. The van der Waals surface area contributed by atoms with E-state index in [0.29, 0.717) is 6.04 Å². The van der Waals surface area contributed by atoms with Gasteiger partial charge in [0.1, 0.15) is 0 Å². The van der Waals surface area contributed by atoms with E-state index in [-0.39, 0.29) is 0 Å². The normalized spacial score (nSPS) is 16.0. The molecule has 0 heterocycles. The summed E-state index contributed by atoms with van der Waals surface area (Å²) in [4.78, 5) is 2.26. The van der Waals surface area contributed by atoms with E-state index in [1.54, 1.807) is 11.1 Å². The number of benzene rings is 1. The molecule has 0 aliphatic heterocycles. The van der Waals surface area contributed by atoms with Crippen molar-refractivity contribution >= 4 is 0 Å². The SMILES string of the molecule is CCNC(Cc1ccc2c(c1)CCC2)CN(C)C. The molecule has 2 nitrogen and oxygen atoms in total. The molecule has 1 N–H and O–H groups in total. The van der Waals surface area contributed by atoms with Crippen LogP contribution in [0.5, 0.6) is 0 Å². The number of nitrogens with one attached hydrogen (secondary N) is 1. The fourth-order valence-electron chi connectivity index (χ4n) is 2.97. The molecule has 0 fully saturated rings. The van der Waals surface area contributed by atoms with Gasteiger partial charge in [-0.1, -0.05) is 25.1 Å². The number of hydrogen-bond acceptors (Lipinski definition) is 2. The first-order valence-corrected chi connectivity index (χ1v) is 7.18. The average molecular weight is 246 g/mol. The van der Waals surface area contributed by atoms with Gasteiger partial charge in [-0.3, -0.25) is 0 Å². The third-order valence-electron chi connectivity index (χ3n) is 3.72. The molecule has 2 heteroatoms. The molecular weight excluding hydrogens is 220 g/mol. The van der Waals surface area contributed by atoms with Crippen molar-refractivity contribution in [2.75, 3.05) is 27.2 Å². The zero-order chi connectivity index (χ0) is 13.0. The van der Waals surface area contributed by atoms with Crippen molar-refractivity contribution in [3.8, 4) is 0 Å². The molecule has 2 rings (SSSR count). The van der Waals surface area contributed by atoms with E-state index >= 15 is 0 Å². The Morgan fingerprint density at radius 3 is 2.72 bits per heavy atom. The van der Waals surface area contributed by atoms with Gasteiger partial charge in [0.05, 0.1) is 0 Å². The van der Waals surface area contributed by atoms with Gasteiger partial charge in [-0.2, -0.15) is 0 Å². The van der Waals surface area contributed by atoms with Crippen molar-refractivity contribution in [2.24, 2.45) is 0 Å². The number of rotatable bonds is 6. The van der Waals surface area contributed by atoms with Gasteiger partial charge in [0.25, 0.3) is 0 Å². The van der Waals surface area contributed by atoms with Crippen LogP contribution in [0, 0.1) is 0 Å². The topological polar surface area (TPSA) is 15.3 Å². The summed E-state index contributed by atoms with van der Waals surface area (Å²) in [5, 5.41) is 3.59. The van der Waals surface area contributed by atoms with Crippen LogP contribution >= 0.6 is 0 Å². The maximum Gasteiger partial charge on any atom is 0.0235 e. The molecule has 0 amide bonds. The fraction of sp³-hybridized carbons (Fsp3) is 0.625. The highest BCUT2D eigenvalue weighted by Gasteiger charge is 2.13. The number of hydrogen-bond donors (Lipinski definition) is 1. The summed E-state index contributed by atoms with van der Waals surface area (Å²) < 4.78 is 0. The second-order valence-corrected chi connectivity index (χ2v) is 5.68. The molecule has 0 saturated heterocycles. The highest BCUT2D eigenvalue weighted by atomic mass is 15.1.